The lowest BCUT2D eigenvalue weighted by Gasteiger charge is -2.20. The second kappa shape index (κ2) is 42.0. The van der Waals surface area contributed by atoms with Crippen molar-refractivity contribution in [3.8, 4) is 0 Å². The summed E-state index contributed by atoms with van der Waals surface area (Å²) in [6.45, 7) is 3.37. The highest BCUT2D eigenvalue weighted by Gasteiger charge is 2.26. The molecule has 9 nitrogen and oxygen atoms in total. The molecule has 0 aliphatic carbocycles. The maximum Gasteiger partial charge on any atom is 0.472 e. The number of aliphatic hydroxyl groups is 2. The predicted molar refractivity (Wildman–Crippen MR) is 228 cm³/mol. The van der Waals surface area contributed by atoms with Gasteiger partial charge in [0.1, 0.15) is 12.2 Å². The van der Waals surface area contributed by atoms with Crippen LogP contribution < -0.4 is 0 Å². The minimum atomic E-state index is -4.52. The van der Waals surface area contributed by atoms with Crippen LogP contribution in [0.3, 0.4) is 0 Å². The van der Waals surface area contributed by atoms with E-state index in [1.807, 2.05) is 0 Å². The summed E-state index contributed by atoms with van der Waals surface area (Å²) in [6, 6.07) is 0. The molecular formula is C45H83O9P. The molecule has 0 aromatic rings. The van der Waals surface area contributed by atoms with Crippen molar-refractivity contribution in [2.45, 2.75) is 199 Å². The van der Waals surface area contributed by atoms with Gasteiger partial charge in [-0.25, -0.2) is 4.57 Å². The Morgan fingerprint density at radius 3 is 1.56 bits per heavy atom. The molecular weight excluding hydrogens is 715 g/mol. The van der Waals surface area contributed by atoms with Crippen LogP contribution in [-0.2, 0) is 27.9 Å². The van der Waals surface area contributed by atoms with Gasteiger partial charge in [-0.3, -0.25) is 13.8 Å². The fourth-order valence-corrected chi connectivity index (χ4v) is 6.72. The molecule has 0 aliphatic heterocycles. The van der Waals surface area contributed by atoms with Crippen molar-refractivity contribution < 1.29 is 43.0 Å². The highest BCUT2D eigenvalue weighted by atomic mass is 31.2. The molecule has 0 spiro atoms. The van der Waals surface area contributed by atoms with Gasteiger partial charge in [0.05, 0.1) is 26.4 Å². The zero-order valence-electron chi connectivity index (χ0n) is 35.1. The maximum atomic E-state index is 12.6. The number of esters is 1. The van der Waals surface area contributed by atoms with Crippen LogP contribution >= 0.6 is 7.82 Å². The number of ether oxygens (including phenoxy) is 2. The monoisotopic (exact) mass is 799 g/mol. The smallest absolute Gasteiger partial charge is 0.457 e. The third kappa shape index (κ3) is 41.9. The molecule has 0 fully saturated rings. The standard InChI is InChI=1S/C45H83O9P/c1-3-5-7-9-11-13-15-17-19-21-22-24-26-28-30-32-34-36-38-51-41-44(42-53-55(49,50)52-40-43(47)39-46)54-45(48)37-35-33-31-29-27-25-23-20-18-16-14-12-10-8-6-4-2/h5,7,11,13,17,19,22,24,43-44,46-47H,3-4,6,8-10,12,14-16,18,20-21,23,25-42H2,1-2H3,(H,49,50)/b7-5-,13-11-,19-17-,24-22-. The molecule has 3 unspecified atom stereocenters. The van der Waals surface area contributed by atoms with Crippen LogP contribution in [0.15, 0.2) is 48.6 Å². The molecule has 0 heterocycles. The van der Waals surface area contributed by atoms with Crippen LogP contribution in [0.1, 0.15) is 187 Å². The van der Waals surface area contributed by atoms with Crippen LogP contribution in [0.5, 0.6) is 0 Å². The maximum absolute atomic E-state index is 12.6. The minimum absolute atomic E-state index is 0.0375. The Morgan fingerprint density at radius 2 is 1.04 bits per heavy atom. The van der Waals surface area contributed by atoms with Gasteiger partial charge in [-0.2, -0.15) is 0 Å². The van der Waals surface area contributed by atoms with E-state index in [1.165, 1.54) is 83.5 Å². The van der Waals surface area contributed by atoms with Crippen molar-refractivity contribution in [1.82, 2.24) is 0 Å². The Labute approximate surface area is 337 Å². The van der Waals surface area contributed by atoms with E-state index in [-0.39, 0.29) is 25.6 Å². The number of hydrogen-bond acceptors (Lipinski definition) is 8. The van der Waals surface area contributed by atoms with E-state index in [4.69, 9.17) is 23.6 Å². The fourth-order valence-electron chi connectivity index (χ4n) is 5.93. The molecule has 0 aromatic heterocycles. The summed E-state index contributed by atoms with van der Waals surface area (Å²) < 4.78 is 33.4. The number of carbonyl (C=O) groups excluding carboxylic acids is 1. The van der Waals surface area contributed by atoms with Crippen LogP contribution in [0.25, 0.3) is 0 Å². The molecule has 0 radical (unpaired) electrons. The highest BCUT2D eigenvalue weighted by Crippen LogP contribution is 2.43. The summed E-state index contributed by atoms with van der Waals surface area (Å²) >= 11 is 0. The third-order valence-electron chi connectivity index (χ3n) is 9.28. The molecule has 0 amide bonds. The second-order valence-electron chi connectivity index (χ2n) is 14.7. The van der Waals surface area contributed by atoms with Gasteiger partial charge in [0, 0.05) is 13.0 Å². The van der Waals surface area contributed by atoms with Crippen molar-refractivity contribution in [3.05, 3.63) is 48.6 Å². The Morgan fingerprint density at radius 1 is 0.582 bits per heavy atom. The van der Waals surface area contributed by atoms with Crippen molar-refractivity contribution in [2.75, 3.05) is 33.0 Å². The number of unbranched alkanes of at least 4 members (excludes halogenated alkanes) is 20. The lowest BCUT2D eigenvalue weighted by molar-refractivity contribution is -0.154. The first-order chi connectivity index (χ1) is 26.8. The zero-order valence-corrected chi connectivity index (χ0v) is 36.0. The van der Waals surface area contributed by atoms with Crippen molar-refractivity contribution >= 4 is 13.8 Å². The third-order valence-corrected chi connectivity index (χ3v) is 10.2. The van der Waals surface area contributed by atoms with Gasteiger partial charge in [0.2, 0.25) is 0 Å². The van der Waals surface area contributed by atoms with E-state index >= 15 is 0 Å². The van der Waals surface area contributed by atoms with Crippen LogP contribution in [0, 0.1) is 0 Å². The molecule has 0 saturated carbocycles. The summed E-state index contributed by atoms with van der Waals surface area (Å²) in [6.07, 6.45) is 46.4. The zero-order chi connectivity index (χ0) is 40.3. The summed E-state index contributed by atoms with van der Waals surface area (Å²) in [5, 5.41) is 18.4. The van der Waals surface area contributed by atoms with Gasteiger partial charge in [-0.05, 0) is 51.4 Å². The molecule has 0 aromatic carbocycles. The Hall–Kier alpha value is -1.58. The molecule has 55 heavy (non-hydrogen) atoms. The number of phosphoric ester groups is 1. The number of aliphatic hydroxyl groups excluding tert-OH is 2. The van der Waals surface area contributed by atoms with Crippen molar-refractivity contribution in [1.29, 1.82) is 0 Å². The Bertz CT molecular complexity index is 997. The SMILES string of the molecule is CC/C=C\C/C=C\C/C=C\C/C=C\CCCCCCCOCC(COP(=O)(O)OCC(O)CO)OC(=O)CCCCCCCCCCCCCCCCCC. The largest absolute Gasteiger partial charge is 0.472 e. The first-order valence-electron chi connectivity index (χ1n) is 22.1. The molecule has 0 aliphatic rings. The van der Waals surface area contributed by atoms with Gasteiger partial charge in [0.15, 0.2) is 0 Å². The van der Waals surface area contributed by atoms with Crippen LogP contribution in [0.2, 0.25) is 0 Å². The van der Waals surface area contributed by atoms with E-state index in [2.05, 4.69) is 62.5 Å². The fraction of sp³-hybridized carbons (Fsp3) is 0.800. The van der Waals surface area contributed by atoms with Crippen LogP contribution in [-0.4, -0.2) is 66.3 Å². The Balaban J connectivity index is 4.19. The van der Waals surface area contributed by atoms with E-state index in [0.717, 1.165) is 83.5 Å². The number of carbonyl (C=O) groups is 1. The van der Waals surface area contributed by atoms with Crippen molar-refractivity contribution in [2.24, 2.45) is 0 Å². The molecule has 322 valence electrons. The molecule has 3 atom stereocenters. The normalized spacial score (nSPS) is 14.5. The lowest BCUT2D eigenvalue weighted by Crippen LogP contribution is -2.29. The summed E-state index contributed by atoms with van der Waals surface area (Å²) in [4.78, 5) is 22.6. The minimum Gasteiger partial charge on any atom is -0.457 e. The molecule has 10 heteroatoms. The number of rotatable bonds is 42. The average molecular weight is 799 g/mol. The second-order valence-corrected chi connectivity index (χ2v) is 16.1. The van der Waals surface area contributed by atoms with Gasteiger partial charge in [0.25, 0.3) is 0 Å². The topological polar surface area (TPSA) is 132 Å². The number of allylic oxidation sites excluding steroid dienone is 8. The van der Waals surface area contributed by atoms with E-state index in [1.54, 1.807) is 0 Å². The van der Waals surface area contributed by atoms with Crippen molar-refractivity contribution in [3.63, 3.8) is 0 Å². The number of phosphoric acid groups is 1. The summed E-state index contributed by atoms with van der Waals surface area (Å²) in [7, 11) is -4.52. The van der Waals surface area contributed by atoms with E-state index in [0.29, 0.717) is 6.61 Å². The first-order valence-corrected chi connectivity index (χ1v) is 23.6. The lowest BCUT2D eigenvalue weighted by atomic mass is 10.0. The first kappa shape index (κ1) is 53.4. The van der Waals surface area contributed by atoms with Crippen LogP contribution in [0.4, 0.5) is 0 Å². The van der Waals surface area contributed by atoms with Gasteiger partial charge >= 0.3 is 13.8 Å². The Kier molecular flexibility index (Phi) is 40.8. The average Bonchev–Trinajstić information content (AvgIpc) is 3.18. The van der Waals surface area contributed by atoms with Gasteiger partial charge in [-0.1, -0.05) is 178 Å². The highest BCUT2D eigenvalue weighted by molar-refractivity contribution is 7.47. The number of hydrogen-bond donors (Lipinski definition) is 3. The molecule has 0 bridgehead atoms. The quantitative estimate of drug-likeness (QED) is 0.0239. The summed E-state index contributed by atoms with van der Waals surface area (Å²) in [5.74, 6) is -0.389. The van der Waals surface area contributed by atoms with E-state index in [9.17, 15) is 19.4 Å². The molecule has 3 N–H and O–H groups in total. The predicted octanol–water partition coefficient (Wildman–Crippen LogP) is 12.2. The molecule has 0 saturated heterocycles. The van der Waals surface area contributed by atoms with Gasteiger partial charge < -0.3 is 24.6 Å². The van der Waals surface area contributed by atoms with Gasteiger partial charge in [-0.15, -0.1) is 0 Å². The van der Waals surface area contributed by atoms with E-state index < -0.39 is 33.2 Å². The molecule has 0 rings (SSSR count). The summed E-state index contributed by atoms with van der Waals surface area (Å²) in [5.41, 5.74) is 0.